The van der Waals surface area contributed by atoms with E-state index in [4.69, 9.17) is 21.1 Å². The molecule has 31 heavy (non-hydrogen) atoms. The number of rotatable bonds is 2. The first kappa shape index (κ1) is 22.0. The van der Waals surface area contributed by atoms with Crippen LogP contribution in [0.4, 0.5) is 18.0 Å². The molecule has 3 aliphatic heterocycles. The molecule has 0 aromatic heterocycles. The third-order valence-electron chi connectivity index (χ3n) is 5.85. The molecule has 2 atom stereocenters. The molecule has 0 saturated carbocycles. The van der Waals surface area contributed by atoms with E-state index in [1.54, 1.807) is 9.80 Å². The average Bonchev–Trinajstić information content (AvgIpc) is 2.74. The van der Waals surface area contributed by atoms with Gasteiger partial charge >= 0.3 is 12.2 Å². The van der Waals surface area contributed by atoms with Crippen LogP contribution in [0.2, 0.25) is 5.02 Å². The highest BCUT2D eigenvalue weighted by Crippen LogP contribution is 2.38. The number of halogens is 4. The standard InChI is InChI=1S/C20H23ClF3N3O4/c21-12-1-2-16(14(9-12)20(22,23)24)31-13-3-6-26(7-4-13)19(29)27-8-5-17-15(10-27)25-18(28)11-30-17/h1-2,9,13,15,17H,3-8,10-11H2,(H,25,28)/t15-,17+/m1/s1. The summed E-state index contributed by atoms with van der Waals surface area (Å²) in [5.74, 6) is -0.439. The first-order valence-electron chi connectivity index (χ1n) is 10.2. The van der Waals surface area contributed by atoms with E-state index in [0.717, 1.165) is 6.07 Å². The van der Waals surface area contributed by atoms with Crippen LogP contribution in [0, 0.1) is 0 Å². The number of benzene rings is 1. The van der Waals surface area contributed by atoms with Gasteiger partial charge in [-0.05, 0) is 24.6 Å². The van der Waals surface area contributed by atoms with Crippen LogP contribution in [-0.2, 0) is 15.7 Å². The molecule has 170 valence electrons. The fourth-order valence-electron chi connectivity index (χ4n) is 4.24. The van der Waals surface area contributed by atoms with Gasteiger partial charge in [-0.1, -0.05) is 11.6 Å². The van der Waals surface area contributed by atoms with Crippen LogP contribution in [0.5, 0.6) is 5.75 Å². The quantitative estimate of drug-likeness (QED) is 0.735. The molecule has 0 unspecified atom stereocenters. The minimum atomic E-state index is -4.57. The molecule has 3 heterocycles. The van der Waals surface area contributed by atoms with E-state index in [1.807, 2.05) is 0 Å². The number of hydrogen-bond acceptors (Lipinski definition) is 4. The third kappa shape index (κ3) is 5.01. The second-order valence-electron chi connectivity index (χ2n) is 7.98. The number of carbonyl (C=O) groups excluding carboxylic acids is 2. The van der Waals surface area contributed by atoms with Crippen LogP contribution < -0.4 is 10.1 Å². The van der Waals surface area contributed by atoms with Gasteiger partial charge in [0.1, 0.15) is 18.5 Å². The number of nitrogens with one attached hydrogen (secondary N) is 1. The van der Waals surface area contributed by atoms with Crippen LogP contribution >= 0.6 is 11.6 Å². The van der Waals surface area contributed by atoms with E-state index in [1.165, 1.54) is 12.1 Å². The van der Waals surface area contributed by atoms with E-state index in [2.05, 4.69) is 5.32 Å². The van der Waals surface area contributed by atoms with Crippen LogP contribution in [0.15, 0.2) is 18.2 Å². The lowest BCUT2D eigenvalue weighted by Gasteiger charge is -2.43. The van der Waals surface area contributed by atoms with Crippen molar-refractivity contribution in [2.45, 2.75) is 43.7 Å². The fraction of sp³-hybridized carbons (Fsp3) is 0.600. The van der Waals surface area contributed by atoms with Crippen molar-refractivity contribution >= 4 is 23.5 Å². The largest absolute Gasteiger partial charge is 0.490 e. The van der Waals surface area contributed by atoms with Crippen molar-refractivity contribution in [3.05, 3.63) is 28.8 Å². The molecule has 1 aromatic carbocycles. The highest BCUT2D eigenvalue weighted by Gasteiger charge is 2.39. The third-order valence-corrected chi connectivity index (χ3v) is 6.08. The van der Waals surface area contributed by atoms with Crippen molar-refractivity contribution in [3.8, 4) is 5.75 Å². The summed E-state index contributed by atoms with van der Waals surface area (Å²) >= 11 is 5.71. The molecular weight excluding hydrogens is 439 g/mol. The van der Waals surface area contributed by atoms with E-state index in [0.29, 0.717) is 45.4 Å². The van der Waals surface area contributed by atoms with Crippen molar-refractivity contribution in [3.63, 3.8) is 0 Å². The molecule has 0 aliphatic carbocycles. The van der Waals surface area contributed by atoms with Gasteiger partial charge in [0, 0.05) is 44.0 Å². The Labute approximate surface area is 182 Å². The van der Waals surface area contributed by atoms with Crippen molar-refractivity contribution < 1.29 is 32.2 Å². The first-order chi connectivity index (χ1) is 14.7. The van der Waals surface area contributed by atoms with Crippen LogP contribution in [0.3, 0.4) is 0 Å². The van der Waals surface area contributed by atoms with Gasteiger partial charge < -0.3 is 24.6 Å². The van der Waals surface area contributed by atoms with Gasteiger partial charge in [-0.25, -0.2) is 4.79 Å². The number of alkyl halides is 3. The zero-order valence-electron chi connectivity index (χ0n) is 16.7. The second kappa shape index (κ2) is 8.74. The highest BCUT2D eigenvalue weighted by atomic mass is 35.5. The maximum Gasteiger partial charge on any atom is 0.420 e. The number of piperidine rings is 2. The van der Waals surface area contributed by atoms with Crippen LogP contribution in [0.1, 0.15) is 24.8 Å². The minimum Gasteiger partial charge on any atom is -0.490 e. The maximum atomic E-state index is 13.3. The Kier molecular flexibility index (Phi) is 6.20. The molecule has 1 N–H and O–H groups in total. The molecule has 0 radical (unpaired) electrons. The Hall–Kier alpha value is -2.20. The number of fused-ring (bicyclic) bond motifs is 1. The average molecular weight is 462 g/mol. The first-order valence-corrected chi connectivity index (χ1v) is 10.6. The molecule has 3 saturated heterocycles. The molecule has 7 nitrogen and oxygen atoms in total. The van der Waals surface area contributed by atoms with Gasteiger partial charge in [0.05, 0.1) is 17.7 Å². The summed E-state index contributed by atoms with van der Waals surface area (Å²) in [6.45, 7) is 1.72. The SMILES string of the molecule is O=C1CO[C@H]2CCN(C(=O)N3CCC(Oc4ccc(Cl)cc4C(F)(F)F)CC3)C[C@H]2N1. The number of ether oxygens (including phenoxy) is 2. The molecule has 3 aliphatic rings. The Morgan fingerprint density at radius 3 is 2.58 bits per heavy atom. The molecular formula is C20H23ClF3N3O4. The van der Waals surface area contributed by atoms with E-state index >= 15 is 0 Å². The van der Waals surface area contributed by atoms with E-state index in [-0.39, 0.29) is 41.5 Å². The topological polar surface area (TPSA) is 71.1 Å². The lowest BCUT2D eigenvalue weighted by atomic mass is 10.0. The summed E-state index contributed by atoms with van der Waals surface area (Å²) in [6.07, 6.45) is -3.59. The Bertz CT molecular complexity index is 845. The molecule has 3 amide bonds. The van der Waals surface area contributed by atoms with Crippen molar-refractivity contribution in [1.29, 1.82) is 0 Å². The zero-order valence-corrected chi connectivity index (χ0v) is 17.4. The molecule has 0 spiro atoms. The Morgan fingerprint density at radius 1 is 1.16 bits per heavy atom. The summed E-state index contributed by atoms with van der Waals surface area (Å²) in [6, 6.07) is 3.09. The van der Waals surface area contributed by atoms with Gasteiger partial charge in [0.25, 0.3) is 0 Å². The number of likely N-dealkylation sites (tertiary alicyclic amines) is 2. The zero-order chi connectivity index (χ0) is 22.2. The molecule has 4 rings (SSSR count). The molecule has 1 aromatic rings. The lowest BCUT2D eigenvalue weighted by molar-refractivity contribution is -0.140. The van der Waals surface area contributed by atoms with Gasteiger partial charge in [0.2, 0.25) is 5.91 Å². The van der Waals surface area contributed by atoms with Crippen LogP contribution in [0.25, 0.3) is 0 Å². The Morgan fingerprint density at radius 2 is 1.87 bits per heavy atom. The van der Waals surface area contributed by atoms with Crippen molar-refractivity contribution in [2.75, 3.05) is 32.8 Å². The van der Waals surface area contributed by atoms with Gasteiger partial charge in [-0.2, -0.15) is 13.2 Å². The van der Waals surface area contributed by atoms with Gasteiger partial charge in [-0.15, -0.1) is 0 Å². The summed E-state index contributed by atoms with van der Waals surface area (Å²) < 4.78 is 50.9. The van der Waals surface area contributed by atoms with E-state index < -0.39 is 17.8 Å². The fourth-order valence-corrected chi connectivity index (χ4v) is 4.42. The van der Waals surface area contributed by atoms with Gasteiger partial charge in [-0.3, -0.25) is 4.79 Å². The smallest absolute Gasteiger partial charge is 0.420 e. The molecule has 3 fully saturated rings. The van der Waals surface area contributed by atoms with Crippen LogP contribution in [-0.4, -0.2) is 72.8 Å². The summed E-state index contributed by atoms with van der Waals surface area (Å²) in [7, 11) is 0. The summed E-state index contributed by atoms with van der Waals surface area (Å²) in [4.78, 5) is 27.8. The monoisotopic (exact) mass is 461 g/mol. The highest BCUT2D eigenvalue weighted by molar-refractivity contribution is 6.30. The summed E-state index contributed by atoms with van der Waals surface area (Å²) in [5, 5.41) is 2.85. The number of morpholine rings is 1. The number of urea groups is 1. The minimum absolute atomic E-state index is 0.0107. The molecule has 0 bridgehead atoms. The summed E-state index contributed by atoms with van der Waals surface area (Å²) in [5.41, 5.74) is -0.905. The number of hydrogen-bond donors (Lipinski definition) is 1. The maximum absolute atomic E-state index is 13.3. The van der Waals surface area contributed by atoms with E-state index in [9.17, 15) is 22.8 Å². The number of nitrogens with zero attached hydrogens (tertiary/aromatic N) is 2. The normalized spacial score (nSPS) is 25.1. The molecule has 11 heteroatoms. The number of amides is 3. The van der Waals surface area contributed by atoms with Crippen molar-refractivity contribution in [2.24, 2.45) is 0 Å². The van der Waals surface area contributed by atoms with Gasteiger partial charge in [0.15, 0.2) is 0 Å². The van der Waals surface area contributed by atoms with Crippen molar-refractivity contribution in [1.82, 2.24) is 15.1 Å². The number of carbonyl (C=O) groups is 2. The second-order valence-corrected chi connectivity index (χ2v) is 8.42. The lowest BCUT2D eigenvalue weighted by Crippen LogP contribution is -2.62. The predicted molar refractivity (Wildman–Crippen MR) is 105 cm³/mol. The predicted octanol–water partition coefficient (Wildman–Crippen LogP) is 2.91. The Balaban J connectivity index is 1.32.